The average molecular weight is 1190 g/mol. The summed E-state index contributed by atoms with van der Waals surface area (Å²) in [6, 6.07) is 15.7. The standard InChI is InChI=1S/C39H49NO10.CH4S.2Ac/c1-21-25(50-34(45)31(42)29(23-14-10-8-11-15-23)40-33(44)24-16-12-9-13-17-24)19-38(46)22(2)37(6)36(5,32(43)30(41)28(21)35(38,3)4)26(48-7)18-27-39(37,47)20-49-27;1-2;;/h8-17,22,25-27,29-31,41-42,46-47H,18-20H2,1-7H3,(H,40,44);2H,1H3;;/t22-,25?,26?,27?,29?,30?,31?,36-,37?,38?,39-;;;/m0.../s1. The van der Waals surface area contributed by atoms with E-state index < -0.39 is 87.6 Å². The normalized spacial score (nSPS) is 35.9. The summed E-state index contributed by atoms with van der Waals surface area (Å²) in [6.07, 6.45) is -4.40. The first-order chi connectivity index (χ1) is 24.4. The van der Waals surface area contributed by atoms with Gasteiger partial charge in [-0.1, -0.05) is 76.2 Å². The number of thiol groups is 1. The molecule has 14 heteroatoms. The van der Waals surface area contributed by atoms with Gasteiger partial charge in [-0.25, -0.2) is 4.79 Å². The number of amides is 1. The maximum atomic E-state index is 14.7. The number of aliphatic hydroxyl groups excluding tert-OH is 2. The van der Waals surface area contributed by atoms with Crippen molar-refractivity contribution in [2.24, 2.45) is 22.2 Å². The average Bonchev–Trinajstić information content (AvgIpc) is 3.14. The molecule has 6 rings (SSSR count). The topological polar surface area (TPSA) is 172 Å². The Kier molecular flexibility index (Phi) is 16.0. The molecule has 1 saturated heterocycles. The second-order valence-corrected chi connectivity index (χ2v) is 15.5. The Hall–Kier alpha value is -0.217. The second kappa shape index (κ2) is 18.0. The fourth-order valence-electron chi connectivity index (χ4n) is 9.95. The molecule has 3 fully saturated rings. The van der Waals surface area contributed by atoms with Crippen molar-refractivity contribution in [1.29, 1.82) is 0 Å². The largest absolute Gasteiger partial charge is 0.456 e. The third-order valence-electron chi connectivity index (χ3n) is 13.4. The van der Waals surface area contributed by atoms with E-state index in [4.69, 9.17) is 14.2 Å². The van der Waals surface area contributed by atoms with Crippen LogP contribution in [0, 0.1) is 110 Å². The quantitative estimate of drug-likeness (QED) is 0.137. The van der Waals surface area contributed by atoms with Crippen LogP contribution in [-0.4, -0.2) is 99.8 Å². The van der Waals surface area contributed by atoms with Gasteiger partial charge in [-0.15, -0.1) is 0 Å². The fraction of sp³-hybridized carbons (Fsp3) is 0.575. The molecule has 1 heterocycles. The van der Waals surface area contributed by atoms with Crippen molar-refractivity contribution in [3.63, 3.8) is 0 Å². The Bertz CT molecular complexity index is 1710. The maximum absolute atomic E-state index is 14.7. The van der Waals surface area contributed by atoms with Gasteiger partial charge in [0.25, 0.3) is 5.91 Å². The minimum Gasteiger partial charge on any atom is -0.456 e. The van der Waals surface area contributed by atoms with E-state index in [1.807, 2.05) is 0 Å². The number of hydrogen-bond acceptors (Lipinski definition) is 11. The van der Waals surface area contributed by atoms with E-state index in [0.717, 1.165) is 0 Å². The number of fused-ring (bicyclic) bond motifs is 5. The monoisotopic (exact) mass is 1190 g/mol. The van der Waals surface area contributed by atoms with Crippen molar-refractivity contribution in [2.45, 2.75) is 102 Å². The first kappa shape index (κ1) is 48.2. The minimum absolute atomic E-state index is 0. The van der Waals surface area contributed by atoms with Crippen LogP contribution in [0.25, 0.3) is 0 Å². The maximum Gasteiger partial charge on any atom is 0.338 e. The second-order valence-electron chi connectivity index (χ2n) is 15.5. The number of benzene rings is 2. The number of ketones is 1. The molecular formula is C40H53Ac2NO10S. The van der Waals surface area contributed by atoms with Crippen LogP contribution in [0.2, 0.25) is 0 Å². The van der Waals surface area contributed by atoms with E-state index in [9.17, 15) is 34.8 Å². The van der Waals surface area contributed by atoms with E-state index in [0.29, 0.717) is 16.7 Å². The zero-order valence-electron chi connectivity index (χ0n) is 32.3. The van der Waals surface area contributed by atoms with Gasteiger partial charge in [-0.05, 0) is 54.9 Å². The van der Waals surface area contributed by atoms with Crippen LogP contribution in [0.5, 0.6) is 0 Å². The number of esters is 1. The molecule has 2 aromatic carbocycles. The number of methoxy groups -OCH3 is 1. The van der Waals surface area contributed by atoms with Crippen LogP contribution in [0.3, 0.4) is 0 Å². The number of carbonyl (C=O) groups is 3. The van der Waals surface area contributed by atoms with E-state index in [1.54, 1.807) is 108 Å². The zero-order valence-corrected chi connectivity index (χ0v) is 42.7. The molecule has 11 nitrogen and oxygen atoms in total. The van der Waals surface area contributed by atoms with E-state index in [2.05, 4.69) is 17.9 Å². The Morgan fingerprint density at radius 2 is 1.52 bits per heavy atom. The number of Topliss-reactive ketones (excluding diaryl/α,β-unsaturated/α-hetero) is 1. The number of aliphatic hydroxyl groups is 4. The smallest absolute Gasteiger partial charge is 0.338 e. The first-order valence-corrected chi connectivity index (χ1v) is 18.6. The van der Waals surface area contributed by atoms with Crippen LogP contribution < -0.4 is 5.32 Å². The van der Waals surface area contributed by atoms with E-state index >= 15 is 0 Å². The number of ether oxygens (including phenoxy) is 3. The summed E-state index contributed by atoms with van der Waals surface area (Å²) >= 11 is 3.53. The Morgan fingerprint density at radius 1 is 0.963 bits per heavy atom. The molecule has 2 bridgehead atoms. The molecule has 1 amide bonds. The van der Waals surface area contributed by atoms with Gasteiger partial charge in [-0.2, -0.15) is 12.6 Å². The van der Waals surface area contributed by atoms with Crippen LogP contribution in [0.15, 0.2) is 71.8 Å². The molecule has 2 radical (unpaired) electrons. The van der Waals surface area contributed by atoms with Gasteiger partial charge in [0.15, 0.2) is 11.9 Å². The van der Waals surface area contributed by atoms with Crippen molar-refractivity contribution in [1.82, 2.24) is 5.32 Å². The van der Waals surface area contributed by atoms with Gasteiger partial charge in [0.1, 0.15) is 17.8 Å². The molecule has 3 aliphatic carbocycles. The summed E-state index contributed by atoms with van der Waals surface area (Å²) in [6.45, 7) is 10.3. The molecule has 4 aliphatic rings. The Labute approximate surface area is 395 Å². The molecule has 8 unspecified atom stereocenters. The molecule has 2 saturated carbocycles. The Balaban J connectivity index is 0.00000193. The summed E-state index contributed by atoms with van der Waals surface area (Å²) in [5, 5.41) is 51.7. The van der Waals surface area contributed by atoms with E-state index in [-0.39, 0.29) is 113 Å². The molecule has 54 heavy (non-hydrogen) atoms. The first-order valence-electron chi connectivity index (χ1n) is 17.7. The van der Waals surface area contributed by atoms with Crippen LogP contribution in [0.1, 0.15) is 76.3 Å². The van der Waals surface area contributed by atoms with Crippen LogP contribution >= 0.6 is 12.6 Å². The van der Waals surface area contributed by atoms with Gasteiger partial charge < -0.3 is 40.0 Å². The van der Waals surface area contributed by atoms with Gasteiger partial charge >= 0.3 is 5.97 Å². The third kappa shape index (κ3) is 7.24. The summed E-state index contributed by atoms with van der Waals surface area (Å²) in [4.78, 5) is 41.9. The molecule has 0 aromatic heterocycles. The molecule has 11 atom stereocenters. The zero-order chi connectivity index (χ0) is 38.6. The predicted molar refractivity (Wildman–Crippen MR) is 196 cm³/mol. The number of hydrogen-bond donors (Lipinski definition) is 6. The summed E-state index contributed by atoms with van der Waals surface area (Å²) in [5.74, 6) is -2.98. The fourth-order valence-corrected chi connectivity index (χ4v) is 9.95. The van der Waals surface area contributed by atoms with E-state index in [1.165, 1.54) is 7.11 Å². The third-order valence-corrected chi connectivity index (χ3v) is 13.4. The van der Waals surface area contributed by atoms with Crippen molar-refractivity contribution in [2.75, 3.05) is 20.0 Å². The Morgan fingerprint density at radius 3 is 2.04 bits per heavy atom. The molecule has 0 spiro atoms. The van der Waals surface area contributed by atoms with Gasteiger partial charge in [0, 0.05) is 124 Å². The number of nitrogens with one attached hydrogen (secondary N) is 1. The van der Waals surface area contributed by atoms with Gasteiger partial charge in [0.05, 0.1) is 35.9 Å². The predicted octanol–water partition coefficient (Wildman–Crippen LogP) is 3.59. The van der Waals surface area contributed by atoms with Crippen LogP contribution in [0.4, 0.5) is 0 Å². The molecule has 290 valence electrons. The number of carbonyl (C=O) groups excluding carboxylic acids is 3. The van der Waals surface area contributed by atoms with Crippen molar-refractivity contribution in [3.8, 4) is 0 Å². The van der Waals surface area contributed by atoms with Crippen LogP contribution in [-0.2, 0) is 23.8 Å². The number of rotatable bonds is 7. The van der Waals surface area contributed by atoms with Gasteiger partial charge in [0.2, 0.25) is 0 Å². The van der Waals surface area contributed by atoms with Gasteiger partial charge in [-0.3, -0.25) is 9.59 Å². The van der Waals surface area contributed by atoms with Crippen molar-refractivity contribution in [3.05, 3.63) is 82.9 Å². The minimum atomic E-state index is -1.86. The molecular weight excluding hydrogens is 1140 g/mol. The molecule has 2 aromatic rings. The van der Waals surface area contributed by atoms with Crippen molar-refractivity contribution < 1.29 is 137 Å². The van der Waals surface area contributed by atoms with Crippen molar-refractivity contribution >= 4 is 30.3 Å². The molecule has 5 N–H and O–H groups in total. The SMILES string of the molecule is COC1CC2OC[C@@]2(O)C2(C)[C@H](C)C3(O)CC(OC(=O)C(O)C(NC(=O)c4ccccc4)c4ccccc4)C(C)=C(C(O)C(=O)[C@]12C)C3(C)C.CS.[Ac].[Ac]. The summed E-state index contributed by atoms with van der Waals surface area (Å²) in [5.41, 5.74) is -5.98. The summed E-state index contributed by atoms with van der Waals surface area (Å²) in [7, 11) is 1.48. The molecule has 1 aliphatic heterocycles. The summed E-state index contributed by atoms with van der Waals surface area (Å²) < 4.78 is 17.7.